The van der Waals surface area contributed by atoms with Crippen LogP contribution >= 0.6 is 0 Å². The molecule has 1 rings (SSSR count). The van der Waals surface area contributed by atoms with Gasteiger partial charge in [-0.25, -0.2) is 0 Å². The van der Waals surface area contributed by atoms with Gasteiger partial charge in [0.2, 0.25) is 0 Å². The molecule has 78 valence electrons. The van der Waals surface area contributed by atoms with Crippen LogP contribution in [0, 0.1) is 0 Å². The summed E-state index contributed by atoms with van der Waals surface area (Å²) in [4.78, 5) is 0. The van der Waals surface area contributed by atoms with Crippen molar-refractivity contribution in [2.45, 2.75) is 32.9 Å². The van der Waals surface area contributed by atoms with Crippen molar-refractivity contribution < 1.29 is 13.2 Å². The second kappa shape index (κ2) is 4.03. The van der Waals surface area contributed by atoms with Crippen LogP contribution in [0.5, 0.6) is 0 Å². The quantitative estimate of drug-likeness (QED) is 0.683. The molecule has 0 heterocycles. The summed E-state index contributed by atoms with van der Waals surface area (Å²) in [5.41, 5.74) is 0.614. The van der Waals surface area contributed by atoms with Gasteiger partial charge in [0, 0.05) is 0 Å². The van der Waals surface area contributed by atoms with Crippen molar-refractivity contribution in [2.75, 3.05) is 0 Å². The van der Waals surface area contributed by atoms with Crippen molar-refractivity contribution in [1.82, 2.24) is 0 Å². The molecule has 0 atom stereocenters. The first-order valence-electron chi connectivity index (χ1n) is 4.68. The SMILES string of the molecule is CCc1ccc(CC)c(C(F)(F)F)c1. The summed E-state index contributed by atoms with van der Waals surface area (Å²) < 4.78 is 37.7. The van der Waals surface area contributed by atoms with Crippen LogP contribution in [-0.4, -0.2) is 0 Å². The van der Waals surface area contributed by atoms with Gasteiger partial charge in [0.05, 0.1) is 5.56 Å². The molecule has 0 aliphatic rings. The molecule has 3 heteroatoms. The molecule has 0 radical (unpaired) electrons. The second-order valence-corrected chi connectivity index (χ2v) is 3.20. The predicted molar refractivity (Wildman–Crippen MR) is 50.2 cm³/mol. The van der Waals surface area contributed by atoms with Gasteiger partial charge in [0.25, 0.3) is 0 Å². The fraction of sp³-hybridized carbons (Fsp3) is 0.455. The lowest BCUT2D eigenvalue weighted by Crippen LogP contribution is -2.09. The lowest BCUT2D eigenvalue weighted by Gasteiger charge is -2.12. The minimum Gasteiger partial charge on any atom is -0.166 e. The summed E-state index contributed by atoms with van der Waals surface area (Å²) in [5, 5.41) is 0. The van der Waals surface area contributed by atoms with Gasteiger partial charge >= 0.3 is 6.18 Å². The molecule has 0 nitrogen and oxygen atoms in total. The Labute approximate surface area is 81.8 Å². The first-order valence-corrected chi connectivity index (χ1v) is 4.68. The molecule has 0 unspecified atom stereocenters. The Balaban J connectivity index is 3.22. The van der Waals surface area contributed by atoms with Gasteiger partial charge in [-0.2, -0.15) is 13.2 Å². The lowest BCUT2D eigenvalue weighted by molar-refractivity contribution is -0.138. The molecule has 14 heavy (non-hydrogen) atoms. The van der Waals surface area contributed by atoms with E-state index in [0.717, 1.165) is 5.56 Å². The van der Waals surface area contributed by atoms with E-state index in [-0.39, 0.29) is 0 Å². The third kappa shape index (κ3) is 2.28. The van der Waals surface area contributed by atoms with Crippen LogP contribution in [0.15, 0.2) is 18.2 Å². The van der Waals surface area contributed by atoms with E-state index in [9.17, 15) is 13.2 Å². The maximum Gasteiger partial charge on any atom is 0.416 e. The van der Waals surface area contributed by atoms with Crippen molar-refractivity contribution >= 4 is 0 Å². The largest absolute Gasteiger partial charge is 0.416 e. The molecular formula is C11H13F3. The van der Waals surface area contributed by atoms with Gasteiger partial charge in [-0.05, 0) is 30.0 Å². The fourth-order valence-corrected chi connectivity index (χ4v) is 1.42. The molecule has 0 fully saturated rings. The zero-order valence-corrected chi connectivity index (χ0v) is 8.28. The van der Waals surface area contributed by atoms with Gasteiger partial charge < -0.3 is 0 Å². The Hall–Kier alpha value is -0.990. The topological polar surface area (TPSA) is 0 Å². The highest BCUT2D eigenvalue weighted by atomic mass is 19.4. The van der Waals surface area contributed by atoms with E-state index in [1.165, 1.54) is 6.07 Å². The van der Waals surface area contributed by atoms with Crippen LogP contribution in [-0.2, 0) is 19.0 Å². The van der Waals surface area contributed by atoms with Gasteiger partial charge in [-0.1, -0.05) is 26.0 Å². The van der Waals surface area contributed by atoms with Crippen molar-refractivity contribution in [3.8, 4) is 0 Å². The van der Waals surface area contributed by atoms with Gasteiger partial charge in [-0.3, -0.25) is 0 Å². The maximum atomic E-state index is 12.6. The smallest absolute Gasteiger partial charge is 0.166 e. The molecule has 0 N–H and O–H groups in total. The highest BCUT2D eigenvalue weighted by Crippen LogP contribution is 2.32. The minimum absolute atomic E-state index is 0.370. The van der Waals surface area contributed by atoms with Crippen molar-refractivity contribution in [3.63, 3.8) is 0 Å². The number of alkyl halides is 3. The zero-order valence-electron chi connectivity index (χ0n) is 8.28. The molecule has 1 aromatic carbocycles. The average Bonchev–Trinajstić information content (AvgIpc) is 2.15. The Morgan fingerprint density at radius 1 is 1.07 bits per heavy atom. The summed E-state index contributed by atoms with van der Waals surface area (Å²) in [6.45, 7) is 3.58. The molecule has 0 spiro atoms. The number of halogens is 3. The number of benzene rings is 1. The van der Waals surface area contributed by atoms with Crippen molar-refractivity contribution in [3.05, 3.63) is 34.9 Å². The predicted octanol–water partition coefficient (Wildman–Crippen LogP) is 3.83. The molecule has 0 aliphatic carbocycles. The first kappa shape index (κ1) is 11.1. The molecule has 0 aliphatic heterocycles. The average molecular weight is 202 g/mol. The van der Waals surface area contributed by atoms with Gasteiger partial charge in [-0.15, -0.1) is 0 Å². The van der Waals surface area contributed by atoms with E-state index in [2.05, 4.69) is 0 Å². The van der Waals surface area contributed by atoms with E-state index in [1.54, 1.807) is 19.1 Å². The first-order chi connectivity index (χ1) is 6.49. The normalized spacial score (nSPS) is 11.8. The van der Waals surface area contributed by atoms with Crippen LogP contribution in [0.3, 0.4) is 0 Å². The number of hydrogen-bond acceptors (Lipinski definition) is 0. The number of rotatable bonds is 2. The van der Waals surface area contributed by atoms with Crippen LogP contribution in [0.4, 0.5) is 13.2 Å². The van der Waals surface area contributed by atoms with Gasteiger partial charge in [0.15, 0.2) is 0 Å². The number of aryl methyl sites for hydroxylation is 2. The third-order valence-corrected chi connectivity index (χ3v) is 2.27. The molecular weight excluding hydrogens is 189 g/mol. The molecule has 1 aromatic rings. The van der Waals surface area contributed by atoms with E-state index >= 15 is 0 Å². The summed E-state index contributed by atoms with van der Waals surface area (Å²) >= 11 is 0. The molecule has 0 saturated carbocycles. The highest BCUT2D eigenvalue weighted by Gasteiger charge is 2.32. The Kier molecular flexibility index (Phi) is 3.19. The lowest BCUT2D eigenvalue weighted by atomic mass is 10.0. The molecule has 0 saturated heterocycles. The van der Waals surface area contributed by atoms with Crippen molar-refractivity contribution in [2.24, 2.45) is 0 Å². The molecule has 0 amide bonds. The summed E-state index contributed by atoms with van der Waals surface area (Å²) in [7, 11) is 0. The molecule has 0 aromatic heterocycles. The third-order valence-electron chi connectivity index (χ3n) is 2.27. The second-order valence-electron chi connectivity index (χ2n) is 3.20. The van der Waals surface area contributed by atoms with Crippen LogP contribution in [0.2, 0.25) is 0 Å². The Morgan fingerprint density at radius 3 is 2.14 bits per heavy atom. The Bertz CT molecular complexity index is 313. The zero-order chi connectivity index (χ0) is 10.8. The fourth-order valence-electron chi connectivity index (χ4n) is 1.42. The summed E-state index contributed by atoms with van der Waals surface area (Å²) in [5.74, 6) is 0. The maximum absolute atomic E-state index is 12.6. The van der Waals surface area contributed by atoms with Crippen LogP contribution in [0.1, 0.15) is 30.5 Å². The van der Waals surface area contributed by atoms with Crippen LogP contribution < -0.4 is 0 Å². The van der Waals surface area contributed by atoms with E-state index in [4.69, 9.17) is 0 Å². The summed E-state index contributed by atoms with van der Waals surface area (Å²) in [6.07, 6.45) is -3.18. The Morgan fingerprint density at radius 2 is 1.71 bits per heavy atom. The van der Waals surface area contributed by atoms with Crippen molar-refractivity contribution in [1.29, 1.82) is 0 Å². The highest BCUT2D eigenvalue weighted by molar-refractivity contribution is 5.34. The van der Waals surface area contributed by atoms with E-state index in [0.29, 0.717) is 18.4 Å². The van der Waals surface area contributed by atoms with Crippen LogP contribution in [0.25, 0.3) is 0 Å². The van der Waals surface area contributed by atoms with E-state index in [1.807, 2.05) is 6.92 Å². The summed E-state index contributed by atoms with van der Waals surface area (Å²) in [6, 6.07) is 4.58. The number of hydrogen-bond donors (Lipinski definition) is 0. The van der Waals surface area contributed by atoms with Gasteiger partial charge in [0.1, 0.15) is 0 Å². The minimum atomic E-state index is -4.23. The monoisotopic (exact) mass is 202 g/mol. The van der Waals surface area contributed by atoms with E-state index < -0.39 is 11.7 Å². The molecule has 0 bridgehead atoms. The standard InChI is InChI=1S/C11H13F3/c1-3-8-5-6-9(4-2)10(7-8)11(12,13)14/h5-7H,3-4H2,1-2H3.